The Morgan fingerprint density at radius 1 is 1.13 bits per heavy atom. The van der Waals surface area contributed by atoms with Crippen LogP contribution >= 0.6 is 0 Å². The van der Waals surface area contributed by atoms with Crippen LogP contribution in [-0.2, 0) is 10.0 Å². The lowest BCUT2D eigenvalue weighted by Crippen LogP contribution is -2.16. The predicted octanol–water partition coefficient (Wildman–Crippen LogP) is 2.81. The Morgan fingerprint density at radius 3 is 2.26 bits per heavy atom. The molecule has 0 heterocycles. The van der Waals surface area contributed by atoms with E-state index in [4.69, 9.17) is 9.84 Å². The number of anilines is 1. The first kappa shape index (κ1) is 16.8. The highest BCUT2D eigenvalue weighted by Crippen LogP contribution is 2.27. The number of sulfonamides is 1. The topological polar surface area (TPSA) is 92.7 Å². The van der Waals surface area contributed by atoms with Crippen LogP contribution in [0, 0.1) is 13.8 Å². The van der Waals surface area contributed by atoms with E-state index in [0.29, 0.717) is 16.9 Å². The van der Waals surface area contributed by atoms with Gasteiger partial charge in [-0.05, 0) is 55.3 Å². The maximum Gasteiger partial charge on any atom is 0.335 e. The first-order valence-corrected chi connectivity index (χ1v) is 8.24. The number of carbonyl (C=O) groups is 1. The molecule has 0 saturated heterocycles. The maximum atomic E-state index is 12.6. The van der Waals surface area contributed by atoms with Gasteiger partial charge in [-0.1, -0.05) is 6.07 Å². The van der Waals surface area contributed by atoms with Crippen molar-refractivity contribution in [3.63, 3.8) is 0 Å². The molecule has 2 aromatic rings. The highest BCUT2D eigenvalue weighted by molar-refractivity contribution is 7.92. The number of hydrogen-bond donors (Lipinski definition) is 2. The van der Waals surface area contributed by atoms with Crippen molar-refractivity contribution in [2.45, 2.75) is 18.7 Å². The summed E-state index contributed by atoms with van der Waals surface area (Å²) in [7, 11) is -2.33. The molecule has 122 valence electrons. The first-order chi connectivity index (χ1) is 10.7. The average Bonchev–Trinajstić information content (AvgIpc) is 2.45. The second-order valence-electron chi connectivity index (χ2n) is 5.08. The summed E-state index contributed by atoms with van der Waals surface area (Å²) in [5, 5.41) is 8.98. The standard InChI is InChI=1S/C16H17NO5S/c1-10-7-14(22-3)8-11(2)15(10)23(20,21)17-13-6-4-5-12(9-13)16(18)19/h4-9,17H,1-3H3,(H,18,19). The van der Waals surface area contributed by atoms with Crippen molar-refractivity contribution in [2.24, 2.45) is 0 Å². The molecule has 7 heteroatoms. The van der Waals surface area contributed by atoms with Crippen LogP contribution in [-0.4, -0.2) is 26.6 Å². The van der Waals surface area contributed by atoms with E-state index in [2.05, 4.69) is 4.72 Å². The minimum Gasteiger partial charge on any atom is -0.497 e. The number of aromatic carboxylic acids is 1. The predicted molar refractivity (Wildman–Crippen MR) is 86.7 cm³/mol. The SMILES string of the molecule is COc1cc(C)c(S(=O)(=O)Nc2cccc(C(=O)O)c2)c(C)c1. The van der Waals surface area contributed by atoms with Crippen LogP contribution < -0.4 is 9.46 Å². The van der Waals surface area contributed by atoms with Gasteiger partial charge in [-0.15, -0.1) is 0 Å². The number of ether oxygens (including phenoxy) is 1. The second kappa shape index (κ2) is 6.29. The fourth-order valence-electron chi connectivity index (χ4n) is 2.37. The lowest BCUT2D eigenvalue weighted by molar-refractivity contribution is 0.0697. The average molecular weight is 335 g/mol. The molecular formula is C16H17NO5S. The second-order valence-corrected chi connectivity index (χ2v) is 6.70. The number of carboxylic acids is 1. The highest BCUT2D eigenvalue weighted by Gasteiger charge is 2.21. The zero-order valence-electron chi connectivity index (χ0n) is 13.0. The molecule has 0 saturated carbocycles. The van der Waals surface area contributed by atoms with Crippen molar-refractivity contribution < 1.29 is 23.1 Å². The Bertz CT molecular complexity index is 836. The third kappa shape index (κ3) is 3.62. The third-order valence-electron chi connectivity index (χ3n) is 3.30. The fourth-order valence-corrected chi connectivity index (χ4v) is 3.88. The van der Waals surface area contributed by atoms with Gasteiger partial charge in [0, 0.05) is 5.69 Å². The van der Waals surface area contributed by atoms with Crippen molar-refractivity contribution in [1.29, 1.82) is 0 Å². The van der Waals surface area contributed by atoms with E-state index in [1.807, 2.05) is 0 Å². The van der Waals surface area contributed by atoms with Crippen LogP contribution in [0.3, 0.4) is 0 Å². The Hall–Kier alpha value is -2.54. The maximum absolute atomic E-state index is 12.6. The molecule has 0 amide bonds. The first-order valence-electron chi connectivity index (χ1n) is 6.76. The molecule has 0 bridgehead atoms. The summed E-state index contributed by atoms with van der Waals surface area (Å²) in [6.45, 7) is 3.36. The number of carboxylic acid groups (broad SMARTS) is 1. The van der Waals surface area contributed by atoms with Gasteiger partial charge in [0.05, 0.1) is 17.6 Å². The van der Waals surface area contributed by atoms with Crippen molar-refractivity contribution in [3.05, 3.63) is 53.1 Å². The van der Waals surface area contributed by atoms with Crippen molar-refractivity contribution in [1.82, 2.24) is 0 Å². The molecule has 6 nitrogen and oxygen atoms in total. The van der Waals surface area contributed by atoms with Gasteiger partial charge in [0.25, 0.3) is 10.0 Å². The largest absolute Gasteiger partial charge is 0.497 e. The smallest absolute Gasteiger partial charge is 0.335 e. The molecule has 23 heavy (non-hydrogen) atoms. The highest BCUT2D eigenvalue weighted by atomic mass is 32.2. The molecule has 0 radical (unpaired) electrons. The molecule has 2 N–H and O–H groups in total. The van der Waals surface area contributed by atoms with Gasteiger partial charge >= 0.3 is 5.97 Å². The molecule has 0 unspecified atom stereocenters. The molecule has 0 aromatic heterocycles. The number of methoxy groups -OCH3 is 1. The molecular weight excluding hydrogens is 318 g/mol. The Morgan fingerprint density at radius 2 is 1.74 bits per heavy atom. The van der Waals surface area contributed by atoms with E-state index in [0.717, 1.165) is 0 Å². The lowest BCUT2D eigenvalue weighted by Gasteiger charge is -2.14. The van der Waals surface area contributed by atoms with Crippen molar-refractivity contribution in [2.75, 3.05) is 11.8 Å². The van der Waals surface area contributed by atoms with Crippen LogP contribution in [0.2, 0.25) is 0 Å². The quantitative estimate of drug-likeness (QED) is 0.876. The van der Waals surface area contributed by atoms with Gasteiger partial charge in [0.15, 0.2) is 0 Å². The van der Waals surface area contributed by atoms with Gasteiger partial charge in [0.1, 0.15) is 5.75 Å². The molecule has 0 spiro atoms. The van der Waals surface area contributed by atoms with Crippen LogP contribution in [0.5, 0.6) is 5.75 Å². The Labute approximate surface area is 134 Å². The van der Waals surface area contributed by atoms with E-state index in [1.165, 1.54) is 31.4 Å². The van der Waals surface area contributed by atoms with Gasteiger partial charge in [0.2, 0.25) is 0 Å². The fraction of sp³-hybridized carbons (Fsp3) is 0.188. The Balaban J connectivity index is 2.44. The molecule has 0 aliphatic heterocycles. The zero-order chi connectivity index (χ0) is 17.2. The van der Waals surface area contributed by atoms with Crippen molar-refractivity contribution in [3.8, 4) is 5.75 Å². The normalized spacial score (nSPS) is 11.1. The number of nitrogens with one attached hydrogen (secondary N) is 1. The molecule has 0 atom stereocenters. The third-order valence-corrected chi connectivity index (χ3v) is 4.99. The molecule has 0 aliphatic rings. The molecule has 2 rings (SSSR count). The summed E-state index contributed by atoms with van der Waals surface area (Å²) in [5.41, 5.74) is 1.29. The minimum absolute atomic E-state index is 0.00775. The summed E-state index contributed by atoms with van der Waals surface area (Å²) in [6.07, 6.45) is 0. The zero-order valence-corrected chi connectivity index (χ0v) is 13.8. The molecule has 0 fully saturated rings. The summed E-state index contributed by atoms with van der Waals surface area (Å²) < 4.78 is 32.8. The Kier molecular flexibility index (Phi) is 4.60. The van der Waals surface area contributed by atoms with E-state index in [1.54, 1.807) is 26.0 Å². The van der Waals surface area contributed by atoms with E-state index < -0.39 is 16.0 Å². The van der Waals surface area contributed by atoms with Gasteiger partial charge in [-0.25, -0.2) is 13.2 Å². The summed E-state index contributed by atoms with van der Waals surface area (Å²) >= 11 is 0. The van der Waals surface area contributed by atoms with Crippen LogP contribution in [0.4, 0.5) is 5.69 Å². The lowest BCUT2D eigenvalue weighted by atomic mass is 10.1. The van der Waals surface area contributed by atoms with E-state index in [9.17, 15) is 13.2 Å². The minimum atomic E-state index is -3.84. The number of hydrogen-bond acceptors (Lipinski definition) is 4. The number of aryl methyl sites for hydroxylation is 2. The van der Waals surface area contributed by atoms with Gasteiger partial charge in [-0.2, -0.15) is 0 Å². The van der Waals surface area contributed by atoms with Crippen LogP contribution in [0.1, 0.15) is 21.5 Å². The van der Waals surface area contributed by atoms with Crippen LogP contribution in [0.15, 0.2) is 41.3 Å². The van der Waals surface area contributed by atoms with Crippen LogP contribution in [0.25, 0.3) is 0 Å². The number of benzene rings is 2. The number of rotatable bonds is 5. The van der Waals surface area contributed by atoms with Crippen molar-refractivity contribution >= 4 is 21.7 Å². The monoisotopic (exact) mass is 335 g/mol. The summed E-state index contributed by atoms with van der Waals surface area (Å²) in [6, 6.07) is 8.91. The van der Waals surface area contributed by atoms with E-state index >= 15 is 0 Å². The van der Waals surface area contributed by atoms with Gasteiger partial charge in [-0.3, -0.25) is 4.72 Å². The van der Waals surface area contributed by atoms with E-state index in [-0.39, 0.29) is 16.1 Å². The molecule has 0 aliphatic carbocycles. The van der Waals surface area contributed by atoms with Gasteiger partial charge < -0.3 is 9.84 Å². The summed E-state index contributed by atoms with van der Waals surface area (Å²) in [5.74, 6) is -0.547. The molecule has 2 aromatic carbocycles. The summed E-state index contributed by atoms with van der Waals surface area (Å²) in [4.78, 5) is 11.1.